The van der Waals surface area contributed by atoms with E-state index in [1.54, 1.807) is 4.90 Å². The first-order valence-electron chi connectivity index (χ1n) is 7.14. The van der Waals surface area contributed by atoms with Crippen LogP contribution in [0.5, 0.6) is 0 Å². The van der Waals surface area contributed by atoms with E-state index >= 15 is 0 Å². The van der Waals surface area contributed by atoms with E-state index in [-0.39, 0.29) is 17.8 Å². The molecule has 114 valence electrons. The zero-order valence-corrected chi connectivity index (χ0v) is 11.9. The summed E-state index contributed by atoms with van der Waals surface area (Å²) in [6, 6.07) is 3.64. The second-order valence-corrected chi connectivity index (χ2v) is 5.12. The van der Waals surface area contributed by atoms with Crippen molar-refractivity contribution in [2.45, 2.75) is 38.6 Å². The molecule has 1 aliphatic rings. The molecule has 0 saturated heterocycles. The standard InChI is InChI=1S/C15H19FN2O3/c1-2-18(10-6-3-4-7-10)15(21)17-12-9-5-8-11(16)13(12)14(19)20/h5,8-10H,2-4,6-7H2,1H3,(H,17,21)(H,19,20). The van der Waals surface area contributed by atoms with Gasteiger partial charge in [-0.1, -0.05) is 18.9 Å². The van der Waals surface area contributed by atoms with Gasteiger partial charge in [-0.15, -0.1) is 0 Å². The molecule has 2 amide bonds. The van der Waals surface area contributed by atoms with Gasteiger partial charge in [0, 0.05) is 12.6 Å². The van der Waals surface area contributed by atoms with Gasteiger partial charge in [-0.05, 0) is 31.9 Å². The van der Waals surface area contributed by atoms with Crippen LogP contribution in [0.2, 0.25) is 0 Å². The number of carbonyl (C=O) groups is 2. The lowest BCUT2D eigenvalue weighted by molar-refractivity contribution is 0.0693. The van der Waals surface area contributed by atoms with E-state index in [0.717, 1.165) is 31.7 Å². The predicted molar refractivity (Wildman–Crippen MR) is 77.0 cm³/mol. The van der Waals surface area contributed by atoms with Crippen molar-refractivity contribution < 1.29 is 19.1 Å². The molecular weight excluding hydrogens is 275 g/mol. The lowest BCUT2D eigenvalue weighted by Crippen LogP contribution is -2.41. The molecule has 0 unspecified atom stereocenters. The van der Waals surface area contributed by atoms with Crippen molar-refractivity contribution in [3.05, 3.63) is 29.6 Å². The molecule has 0 radical (unpaired) electrons. The summed E-state index contributed by atoms with van der Waals surface area (Å²) in [5, 5.41) is 11.6. The topological polar surface area (TPSA) is 69.6 Å². The third kappa shape index (κ3) is 3.32. The first-order chi connectivity index (χ1) is 10.0. The second-order valence-electron chi connectivity index (χ2n) is 5.12. The number of carbonyl (C=O) groups excluding carboxylic acids is 1. The molecule has 2 N–H and O–H groups in total. The third-order valence-corrected chi connectivity index (χ3v) is 3.84. The number of rotatable bonds is 4. The van der Waals surface area contributed by atoms with E-state index in [1.807, 2.05) is 6.92 Å². The van der Waals surface area contributed by atoms with Crippen LogP contribution in [0.1, 0.15) is 43.0 Å². The number of benzene rings is 1. The van der Waals surface area contributed by atoms with Crippen LogP contribution in [0.4, 0.5) is 14.9 Å². The summed E-state index contributed by atoms with van der Waals surface area (Å²) in [5.74, 6) is -2.25. The Morgan fingerprint density at radius 2 is 2.05 bits per heavy atom. The first-order valence-corrected chi connectivity index (χ1v) is 7.14. The van der Waals surface area contributed by atoms with Crippen molar-refractivity contribution in [3.8, 4) is 0 Å². The van der Waals surface area contributed by atoms with Gasteiger partial charge in [0.05, 0.1) is 5.69 Å². The number of hydrogen-bond acceptors (Lipinski definition) is 2. The molecule has 0 heterocycles. The van der Waals surface area contributed by atoms with Gasteiger partial charge in [0.2, 0.25) is 0 Å². The summed E-state index contributed by atoms with van der Waals surface area (Å²) < 4.78 is 13.6. The van der Waals surface area contributed by atoms with E-state index in [4.69, 9.17) is 5.11 Å². The fourth-order valence-corrected chi connectivity index (χ4v) is 2.82. The summed E-state index contributed by atoms with van der Waals surface area (Å²) in [5.41, 5.74) is -0.516. The van der Waals surface area contributed by atoms with Crippen LogP contribution >= 0.6 is 0 Å². The molecule has 0 aromatic heterocycles. The van der Waals surface area contributed by atoms with Crippen LogP contribution in [0.3, 0.4) is 0 Å². The molecule has 0 spiro atoms. The fourth-order valence-electron chi connectivity index (χ4n) is 2.82. The number of nitrogens with zero attached hydrogens (tertiary/aromatic N) is 1. The fraction of sp³-hybridized carbons (Fsp3) is 0.467. The van der Waals surface area contributed by atoms with E-state index in [0.29, 0.717) is 6.54 Å². The molecule has 5 nitrogen and oxygen atoms in total. The molecule has 0 aliphatic heterocycles. The van der Waals surface area contributed by atoms with Crippen LogP contribution in [0.25, 0.3) is 0 Å². The molecule has 0 bridgehead atoms. The zero-order chi connectivity index (χ0) is 15.4. The largest absolute Gasteiger partial charge is 0.478 e. The Morgan fingerprint density at radius 3 is 2.62 bits per heavy atom. The van der Waals surface area contributed by atoms with Gasteiger partial charge < -0.3 is 15.3 Å². The van der Waals surface area contributed by atoms with Gasteiger partial charge in [0.25, 0.3) is 0 Å². The molecule has 1 fully saturated rings. The van der Waals surface area contributed by atoms with Crippen molar-refractivity contribution in [3.63, 3.8) is 0 Å². The van der Waals surface area contributed by atoms with Crippen molar-refractivity contribution in [1.29, 1.82) is 0 Å². The SMILES string of the molecule is CCN(C(=O)Nc1cccc(F)c1C(=O)O)C1CCCC1. The third-order valence-electron chi connectivity index (χ3n) is 3.84. The summed E-state index contributed by atoms with van der Waals surface area (Å²) in [6.45, 7) is 2.41. The van der Waals surface area contributed by atoms with E-state index in [2.05, 4.69) is 5.32 Å². The normalized spacial score (nSPS) is 15.0. The van der Waals surface area contributed by atoms with Gasteiger partial charge in [0.1, 0.15) is 11.4 Å². The minimum Gasteiger partial charge on any atom is -0.478 e. The number of aromatic carboxylic acids is 1. The first kappa shape index (κ1) is 15.3. The van der Waals surface area contributed by atoms with Crippen molar-refractivity contribution in [2.24, 2.45) is 0 Å². The summed E-state index contributed by atoms with van der Waals surface area (Å²) >= 11 is 0. The highest BCUT2D eigenvalue weighted by molar-refractivity contribution is 6.00. The lowest BCUT2D eigenvalue weighted by atomic mass is 10.1. The highest BCUT2D eigenvalue weighted by Gasteiger charge is 2.26. The van der Waals surface area contributed by atoms with E-state index < -0.39 is 17.3 Å². The number of halogens is 1. The highest BCUT2D eigenvalue weighted by Crippen LogP contribution is 2.25. The molecule has 2 rings (SSSR count). The molecule has 0 atom stereocenters. The predicted octanol–water partition coefficient (Wildman–Crippen LogP) is 3.32. The van der Waals surface area contributed by atoms with E-state index in [9.17, 15) is 14.0 Å². The molecule has 1 aromatic rings. The molecule has 1 aliphatic carbocycles. The van der Waals surface area contributed by atoms with Crippen molar-refractivity contribution in [2.75, 3.05) is 11.9 Å². The smallest absolute Gasteiger partial charge is 0.340 e. The second kappa shape index (κ2) is 6.56. The molecule has 6 heteroatoms. The highest BCUT2D eigenvalue weighted by atomic mass is 19.1. The Bertz CT molecular complexity index is 542. The Kier molecular flexibility index (Phi) is 4.77. The maximum Gasteiger partial charge on any atom is 0.340 e. The Morgan fingerprint density at radius 1 is 1.38 bits per heavy atom. The maximum absolute atomic E-state index is 13.6. The van der Waals surface area contributed by atoms with Gasteiger partial charge in [-0.25, -0.2) is 14.0 Å². The number of anilines is 1. The number of urea groups is 1. The molecule has 21 heavy (non-hydrogen) atoms. The minimum atomic E-state index is -1.40. The van der Waals surface area contributed by atoms with Crippen LogP contribution in [-0.4, -0.2) is 34.6 Å². The summed E-state index contributed by atoms with van der Waals surface area (Å²) in [7, 11) is 0. The lowest BCUT2D eigenvalue weighted by Gasteiger charge is -2.28. The number of carboxylic acids is 1. The zero-order valence-electron chi connectivity index (χ0n) is 11.9. The van der Waals surface area contributed by atoms with Crippen LogP contribution in [0, 0.1) is 5.82 Å². The average molecular weight is 294 g/mol. The monoisotopic (exact) mass is 294 g/mol. The Balaban J connectivity index is 2.18. The van der Waals surface area contributed by atoms with Crippen LogP contribution < -0.4 is 5.32 Å². The van der Waals surface area contributed by atoms with Gasteiger partial charge >= 0.3 is 12.0 Å². The number of amides is 2. The maximum atomic E-state index is 13.6. The Hall–Kier alpha value is -2.11. The van der Waals surface area contributed by atoms with Gasteiger partial charge in [-0.2, -0.15) is 0 Å². The summed E-state index contributed by atoms with van der Waals surface area (Å²) in [6.07, 6.45) is 4.09. The quantitative estimate of drug-likeness (QED) is 0.895. The number of nitrogens with one attached hydrogen (secondary N) is 1. The number of carboxylic acid groups (broad SMARTS) is 1. The van der Waals surface area contributed by atoms with Gasteiger partial charge in [-0.3, -0.25) is 0 Å². The van der Waals surface area contributed by atoms with Crippen LogP contribution in [0.15, 0.2) is 18.2 Å². The van der Waals surface area contributed by atoms with Crippen molar-refractivity contribution in [1.82, 2.24) is 4.90 Å². The van der Waals surface area contributed by atoms with E-state index in [1.165, 1.54) is 12.1 Å². The molecular formula is C15H19FN2O3. The summed E-state index contributed by atoms with van der Waals surface area (Å²) in [4.78, 5) is 25.1. The minimum absolute atomic E-state index is 0.0102. The number of hydrogen-bond donors (Lipinski definition) is 2. The average Bonchev–Trinajstić information content (AvgIpc) is 2.93. The van der Waals surface area contributed by atoms with Crippen molar-refractivity contribution >= 4 is 17.7 Å². The Labute approximate surface area is 122 Å². The van der Waals surface area contributed by atoms with Gasteiger partial charge in [0.15, 0.2) is 0 Å². The molecule has 1 saturated carbocycles. The van der Waals surface area contributed by atoms with Crippen LogP contribution in [-0.2, 0) is 0 Å². The molecule has 1 aromatic carbocycles.